The molecule has 1 aromatic carbocycles. The van der Waals surface area contributed by atoms with Gasteiger partial charge in [0.2, 0.25) is 5.91 Å². The van der Waals surface area contributed by atoms with Crippen molar-refractivity contribution >= 4 is 22.5 Å². The Kier molecular flexibility index (Phi) is 5.17. The number of amides is 1. The Labute approximate surface area is 163 Å². The molecule has 2 aliphatic rings. The molecule has 1 amide bonds. The van der Waals surface area contributed by atoms with Crippen LogP contribution in [0.15, 0.2) is 18.2 Å². The lowest BCUT2D eigenvalue weighted by Crippen LogP contribution is -2.21. The maximum Gasteiger partial charge on any atom is 0.225 e. The zero-order valence-electron chi connectivity index (χ0n) is 16.1. The predicted octanol–water partition coefficient (Wildman–Crippen LogP) is 4.16. The summed E-state index contributed by atoms with van der Waals surface area (Å²) in [6.45, 7) is 4.15. The molecule has 4 rings (SSSR count). The first-order valence-corrected chi connectivity index (χ1v) is 11.3. The summed E-state index contributed by atoms with van der Waals surface area (Å²) in [5.41, 5.74) is 5.09. The normalized spacial score (nSPS) is 19.9. The molecule has 1 saturated carbocycles. The second-order valence-corrected chi connectivity index (χ2v) is 9.35. The third-order valence-electron chi connectivity index (χ3n) is 5.93. The molecule has 6 heteroatoms. The van der Waals surface area contributed by atoms with Crippen molar-refractivity contribution in [1.82, 2.24) is 9.78 Å². The van der Waals surface area contributed by atoms with Crippen LogP contribution in [-0.2, 0) is 27.1 Å². The number of aryl methyl sites for hydroxylation is 1. The first-order valence-electron chi connectivity index (χ1n) is 9.85. The van der Waals surface area contributed by atoms with Gasteiger partial charge in [0.1, 0.15) is 5.82 Å². The highest BCUT2D eigenvalue weighted by Crippen LogP contribution is 2.33. The molecule has 2 heterocycles. The third-order valence-corrected chi connectivity index (χ3v) is 7.14. The van der Waals surface area contributed by atoms with E-state index in [0.29, 0.717) is 29.7 Å². The minimum Gasteiger partial charge on any atom is -0.310 e. The van der Waals surface area contributed by atoms with E-state index in [2.05, 4.69) is 25.2 Å². The summed E-state index contributed by atoms with van der Waals surface area (Å²) < 4.78 is 13.9. The maximum atomic E-state index is 12.8. The standard InChI is InChI=1S/C21H27N3O2S/c1-14-7-6-10-19(15(14)2)24-21(17-12-27(26)13-18(17)23-24)22-20(25)11-16-8-4-3-5-9-16/h6-7,10,16H,3-5,8-9,11-13H2,1-2H3,(H,22,25)/t27-/m0/s1. The molecule has 0 spiro atoms. The van der Waals surface area contributed by atoms with Crippen molar-refractivity contribution in [3.63, 3.8) is 0 Å². The van der Waals surface area contributed by atoms with E-state index in [9.17, 15) is 9.00 Å². The van der Waals surface area contributed by atoms with Crippen molar-refractivity contribution in [3.05, 3.63) is 40.6 Å². The van der Waals surface area contributed by atoms with Crippen LogP contribution in [0.2, 0.25) is 0 Å². The van der Waals surface area contributed by atoms with Gasteiger partial charge in [-0.05, 0) is 49.8 Å². The fraction of sp³-hybridized carbons (Fsp3) is 0.524. The third kappa shape index (κ3) is 3.72. The quantitative estimate of drug-likeness (QED) is 0.859. The van der Waals surface area contributed by atoms with Gasteiger partial charge in [-0.25, -0.2) is 4.68 Å². The summed E-state index contributed by atoms with van der Waals surface area (Å²) in [6.07, 6.45) is 6.60. The Morgan fingerprint density at radius 1 is 1.22 bits per heavy atom. The summed E-state index contributed by atoms with van der Waals surface area (Å²) in [5, 5.41) is 7.85. The Morgan fingerprint density at radius 3 is 2.78 bits per heavy atom. The second-order valence-electron chi connectivity index (χ2n) is 7.89. The number of hydrogen-bond donors (Lipinski definition) is 1. The molecule has 2 aromatic rings. The fourth-order valence-electron chi connectivity index (χ4n) is 4.23. The van der Waals surface area contributed by atoms with Gasteiger partial charge in [0.15, 0.2) is 0 Å². The van der Waals surface area contributed by atoms with E-state index in [1.165, 1.54) is 24.8 Å². The number of carbonyl (C=O) groups is 1. The number of rotatable bonds is 4. The van der Waals surface area contributed by atoms with Crippen molar-refractivity contribution in [2.75, 3.05) is 5.32 Å². The Balaban J connectivity index is 1.65. The molecule has 1 atom stereocenters. The average Bonchev–Trinajstić information content (AvgIpc) is 3.15. The number of aromatic nitrogens is 2. The average molecular weight is 386 g/mol. The topological polar surface area (TPSA) is 64.0 Å². The SMILES string of the molecule is Cc1cccc(-n2nc3c(c2NC(=O)CC2CCCCC2)C[S@](=O)C3)c1C. The number of anilines is 1. The Bertz CT molecular complexity index is 897. The van der Waals surface area contributed by atoms with Gasteiger partial charge >= 0.3 is 0 Å². The molecule has 1 aromatic heterocycles. The summed E-state index contributed by atoms with van der Waals surface area (Å²) in [5.74, 6) is 2.19. The molecular formula is C21H27N3O2S. The van der Waals surface area contributed by atoms with Crippen LogP contribution in [0.1, 0.15) is 60.9 Å². The lowest BCUT2D eigenvalue weighted by atomic mass is 9.87. The molecule has 0 saturated heterocycles. The van der Waals surface area contributed by atoms with Gasteiger partial charge < -0.3 is 5.32 Å². The number of hydrogen-bond acceptors (Lipinski definition) is 3. The number of benzene rings is 1. The lowest BCUT2D eigenvalue weighted by molar-refractivity contribution is -0.117. The van der Waals surface area contributed by atoms with E-state index < -0.39 is 10.8 Å². The number of fused-ring (bicyclic) bond motifs is 1. The van der Waals surface area contributed by atoms with Crippen molar-refractivity contribution in [2.24, 2.45) is 5.92 Å². The summed E-state index contributed by atoms with van der Waals surface area (Å²) in [7, 11) is -0.921. The van der Waals surface area contributed by atoms with Crippen molar-refractivity contribution in [1.29, 1.82) is 0 Å². The van der Waals surface area contributed by atoms with E-state index in [-0.39, 0.29) is 5.91 Å². The van der Waals surface area contributed by atoms with E-state index in [4.69, 9.17) is 5.10 Å². The van der Waals surface area contributed by atoms with E-state index in [0.717, 1.165) is 35.3 Å². The van der Waals surface area contributed by atoms with E-state index >= 15 is 0 Å². The van der Waals surface area contributed by atoms with Crippen LogP contribution in [0.25, 0.3) is 5.69 Å². The molecule has 1 aliphatic heterocycles. The van der Waals surface area contributed by atoms with Gasteiger partial charge in [-0.2, -0.15) is 5.10 Å². The molecule has 1 fully saturated rings. The molecule has 0 radical (unpaired) electrons. The zero-order valence-corrected chi connectivity index (χ0v) is 16.9. The lowest BCUT2D eigenvalue weighted by Gasteiger charge is -2.21. The molecule has 1 aliphatic carbocycles. The molecule has 144 valence electrons. The van der Waals surface area contributed by atoms with Crippen LogP contribution in [-0.4, -0.2) is 19.9 Å². The molecule has 0 bridgehead atoms. The second kappa shape index (κ2) is 7.58. The van der Waals surface area contributed by atoms with Gasteiger partial charge in [0.05, 0.1) is 22.9 Å². The van der Waals surface area contributed by atoms with Crippen molar-refractivity contribution in [3.8, 4) is 5.69 Å². The Hall–Kier alpha value is -1.95. The monoisotopic (exact) mass is 385 g/mol. The minimum absolute atomic E-state index is 0.0499. The van der Waals surface area contributed by atoms with Gasteiger partial charge in [-0.15, -0.1) is 0 Å². The van der Waals surface area contributed by atoms with E-state index in [1.54, 1.807) is 0 Å². The molecule has 0 unspecified atom stereocenters. The van der Waals surface area contributed by atoms with Crippen molar-refractivity contribution < 1.29 is 9.00 Å². The molecular weight excluding hydrogens is 358 g/mol. The highest BCUT2D eigenvalue weighted by molar-refractivity contribution is 7.83. The first-order chi connectivity index (χ1) is 13.0. The fourth-order valence-corrected chi connectivity index (χ4v) is 5.50. The van der Waals surface area contributed by atoms with Gasteiger partial charge in [-0.1, -0.05) is 31.4 Å². The van der Waals surface area contributed by atoms with E-state index in [1.807, 2.05) is 16.8 Å². The summed E-state index contributed by atoms with van der Waals surface area (Å²) in [6, 6.07) is 6.11. The smallest absolute Gasteiger partial charge is 0.225 e. The Morgan fingerprint density at radius 2 is 2.00 bits per heavy atom. The van der Waals surface area contributed by atoms with Crippen molar-refractivity contribution in [2.45, 2.75) is 63.9 Å². The minimum atomic E-state index is -0.921. The molecule has 5 nitrogen and oxygen atoms in total. The van der Waals surface area contributed by atoms with Crippen LogP contribution in [0.5, 0.6) is 0 Å². The van der Waals surface area contributed by atoms with Gasteiger partial charge in [0.25, 0.3) is 0 Å². The van der Waals surface area contributed by atoms with Gasteiger partial charge in [-0.3, -0.25) is 9.00 Å². The van der Waals surface area contributed by atoms with Crippen LogP contribution in [0, 0.1) is 19.8 Å². The molecule has 1 N–H and O–H groups in total. The van der Waals surface area contributed by atoms with Crippen LogP contribution >= 0.6 is 0 Å². The highest BCUT2D eigenvalue weighted by Gasteiger charge is 2.29. The largest absolute Gasteiger partial charge is 0.310 e. The zero-order chi connectivity index (χ0) is 19.0. The predicted molar refractivity (Wildman–Crippen MR) is 108 cm³/mol. The number of nitrogens with zero attached hydrogens (tertiary/aromatic N) is 2. The van der Waals surface area contributed by atoms with Crippen LogP contribution in [0.3, 0.4) is 0 Å². The van der Waals surface area contributed by atoms with Gasteiger partial charge in [0, 0.05) is 22.8 Å². The first kappa shape index (κ1) is 18.4. The summed E-state index contributed by atoms with van der Waals surface area (Å²) in [4.78, 5) is 12.8. The van der Waals surface area contributed by atoms with Crippen LogP contribution in [0.4, 0.5) is 5.82 Å². The van der Waals surface area contributed by atoms with Crippen LogP contribution < -0.4 is 5.32 Å². The highest BCUT2D eigenvalue weighted by atomic mass is 32.2. The summed E-state index contributed by atoms with van der Waals surface area (Å²) >= 11 is 0. The maximum absolute atomic E-state index is 12.8. The number of nitrogens with one attached hydrogen (secondary N) is 1. The molecule has 27 heavy (non-hydrogen) atoms. The number of carbonyl (C=O) groups excluding carboxylic acids is 1.